The van der Waals surface area contributed by atoms with Gasteiger partial charge in [-0.05, 0) is 38.1 Å². The zero-order valence-corrected chi connectivity index (χ0v) is 19.8. The molecule has 0 saturated heterocycles. The Morgan fingerprint density at radius 1 is 0.867 bits per heavy atom. The molecule has 0 aliphatic heterocycles. The summed E-state index contributed by atoms with van der Waals surface area (Å²) in [6.07, 6.45) is 10.0. The van der Waals surface area contributed by atoms with Gasteiger partial charge in [-0.1, -0.05) is 66.2 Å². The van der Waals surface area contributed by atoms with Crippen LogP contribution in [0, 0.1) is 0 Å². The van der Waals surface area contributed by atoms with Gasteiger partial charge in [-0.2, -0.15) is 0 Å². The average Bonchev–Trinajstić information content (AvgIpc) is 3.07. The summed E-state index contributed by atoms with van der Waals surface area (Å²) in [5.74, 6) is 1.01. The average molecular weight is 418 g/mol. The molecule has 0 bridgehead atoms. The van der Waals surface area contributed by atoms with Crippen LogP contribution >= 0.6 is 0 Å². The molecule has 1 N–H and O–H groups in total. The molecule has 2 heterocycles. The van der Waals surface area contributed by atoms with E-state index in [1.165, 1.54) is 51.4 Å². The van der Waals surface area contributed by atoms with Crippen molar-refractivity contribution in [3.05, 3.63) is 22.6 Å². The third-order valence-electron chi connectivity index (χ3n) is 6.02. The van der Waals surface area contributed by atoms with E-state index in [2.05, 4.69) is 48.5 Å². The van der Waals surface area contributed by atoms with Crippen molar-refractivity contribution >= 4 is 17.0 Å². The first-order valence-corrected chi connectivity index (χ1v) is 12.2. The lowest BCUT2D eigenvalue weighted by atomic mass is 10.1. The molecule has 6 nitrogen and oxygen atoms in total. The van der Waals surface area contributed by atoms with Gasteiger partial charge in [0.2, 0.25) is 0 Å². The van der Waals surface area contributed by atoms with Crippen LogP contribution in [-0.4, -0.2) is 52.2 Å². The Morgan fingerprint density at radius 2 is 1.50 bits per heavy atom. The fourth-order valence-corrected chi connectivity index (χ4v) is 3.99. The molecule has 2 rings (SSSR count). The predicted molar refractivity (Wildman–Crippen MR) is 129 cm³/mol. The van der Waals surface area contributed by atoms with Crippen LogP contribution in [0.2, 0.25) is 0 Å². The second-order valence-corrected chi connectivity index (χ2v) is 8.26. The number of pyridine rings is 1. The first kappa shape index (κ1) is 24.4. The number of imidazole rings is 1. The number of nitrogens with one attached hydrogen (secondary N) is 1. The van der Waals surface area contributed by atoms with Crippen LogP contribution in [0.1, 0.15) is 79.1 Å². The summed E-state index contributed by atoms with van der Waals surface area (Å²) in [6, 6.07) is 4.10. The molecular formula is C24H43N5O. The lowest BCUT2D eigenvalue weighted by molar-refractivity contribution is 0.290. The van der Waals surface area contributed by atoms with Gasteiger partial charge in [-0.25, -0.2) is 9.78 Å². The van der Waals surface area contributed by atoms with Crippen molar-refractivity contribution in [1.82, 2.24) is 19.4 Å². The van der Waals surface area contributed by atoms with Gasteiger partial charge in [0.05, 0.1) is 5.52 Å². The topological polar surface area (TPSA) is 57.2 Å². The second-order valence-electron chi connectivity index (χ2n) is 8.26. The molecule has 6 heteroatoms. The number of hydrogen-bond donors (Lipinski definition) is 1. The van der Waals surface area contributed by atoms with Gasteiger partial charge < -0.3 is 14.8 Å². The number of anilines is 1. The molecule has 2 aromatic rings. The summed E-state index contributed by atoms with van der Waals surface area (Å²) in [5.41, 5.74) is 1.57. The molecule has 2 aromatic heterocycles. The number of likely N-dealkylation sites (N-methyl/N-ethyl adjacent to an activating group) is 1. The van der Waals surface area contributed by atoms with Crippen LogP contribution in [-0.2, 0) is 6.54 Å². The van der Waals surface area contributed by atoms with Crippen molar-refractivity contribution in [2.75, 3.05) is 37.6 Å². The highest BCUT2D eigenvalue weighted by Crippen LogP contribution is 2.18. The molecule has 170 valence electrons. The summed E-state index contributed by atoms with van der Waals surface area (Å²) >= 11 is 0. The minimum Gasteiger partial charge on any atom is -0.357 e. The second kappa shape index (κ2) is 13.5. The molecule has 0 aromatic carbocycles. The Balaban J connectivity index is 2.19. The van der Waals surface area contributed by atoms with Gasteiger partial charge in [0.15, 0.2) is 5.65 Å². The molecule has 0 amide bonds. The number of aromatic nitrogens is 3. The van der Waals surface area contributed by atoms with Gasteiger partial charge in [0.1, 0.15) is 5.82 Å². The van der Waals surface area contributed by atoms with E-state index in [1.54, 1.807) is 0 Å². The van der Waals surface area contributed by atoms with E-state index in [-0.39, 0.29) is 5.69 Å². The lowest BCUT2D eigenvalue weighted by Gasteiger charge is -2.24. The van der Waals surface area contributed by atoms with Crippen LogP contribution in [0.15, 0.2) is 16.9 Å². The van der Waals surface area contributed by atoms with Crippen molar-refractivity contribution in [1.29, 1.82) is 0 Å². The highest BCUT2D eigenvalue weighted by atomic mass is 16.1. The smallest absolute Gasteiger partial charge is 0.327 e. The van der Waals surface area contributed by atoms with Crippen molar-refractivity contribution in [3.63, 3.8) is 0 Å². The van der Waals surface area contributed by atoms with E-state index in [0.717, 1.165) is 49.7 Å². The van der Waals surface area contributed by atoms with Crippen molar-refractivity contribution < 1.29 is 0 Å². The molecule has 0 atom stereocenters. The minimum absolute atomic E-state index is 0.0563. The number of rotatable bonds is 16. The van der Waals surface area contributed by atoms with Gasteiger partial charge in [-0.15, -0.1) is 0 Å². The van der Waals surface area contributed by atoms with E-state index >= 15 is 0 Å². The third-order valence-corrected chi connectivity index (χ3v) is 6.02. The van der Waals surface area contributed by atoms with E-state index in [9.17, 15) is 4.79 Å². The standard InChI is InChI=1S/C24H43N5O/c1-5-9-11-13-17-28(18-14-12-10-6-2)22-16-15-21-23(26-22)29(24(30)25-21)20-19-27(7-3)8-4/h15-16H,5-14,17-20H2,1-4H3,(H,25,30). The lowest BCUT2D eigenvalue weighted by Crippen LogP contribution is -2.30. The summed E-state index contributed by atoms with van der Waals surface area (Å²) in [4.78, 5) is 25.2. The maximum absolute atomic E-state index is 12.5. The summed E-state index contributed by atoms with van der Waals surface area (Å²) in [6.45, 7) is 14.4. The molecule has 0 aliphatic rings. The Morgan fingerprint density at radius 3 is 2.07 bits per heavy atom. The van der Waals surface area contributed by atoms with Crippen LogP contribution in [0.5, 0.6) is 0 Å². The van der Waals surface area contributed by atoms with Gasteiger partial charge in [-0.3, -0.25) is 4.57 Å². The maximum atomic E-state index is 12.5. The largest absolute Gasteiger partial charge is 0.357 e. The van der Waals surface area contributed by atoms with Gasteiger partial charge in [0.25, 0.3) is 0 Å². The third kappa shape index (κ3) is 7.15. The summed E-state index contributed by atoms with van der Waals surface area (Å²) < 4.78 is 1.81. The monoisotopic (exact) mass is 417 g/mol. The highest BCUT2D eigenvalue weighted by molar-refractivity contribution is 5.73. The SMILES string of the molecule is CCCCCCN(CCCCCC)c1ccc2[nH]c(=O)n(CCN(CC)CC)c2n1. The van der Waals surface area contributed by atoms with Crippen LogP contribution in [0.4, 0.5) is 5.82 Å². The quantitative estimate of drug-likeness (QED) is 0.389. The Bertz CT molecular complexity index is 765. The fraction of sp³-hybridized carbons (Fsp3) is 0.750. The zero-order chi connectivity index (χ0) is 21.8. The molecule has 0 saturated carbocycles. The first-order chi connectivity index (χ1) is 14.6. The molecule has 0 spiro atoms. The Kier molecular flexibility index (Phi) is 11.0. The van der Waals surface area contributed by atoms with Crippen molar-refractivity contribution in [3.8, 4) is 0 Å². The van der Waals surface area contributed by atoms with E-state index in [0.29, 0.717) is 6.54 Å². The minimum atomic E-state index is -0.0563. The number of fused-ring (bicyclic) bond motifs is 1. The highest BCUT2D eigenvalue weighted by Gasteiger charge is 2.13. The molecule has 0 aliphatic carbocycles. The normalized spacial score (nSPS) is 11.6. The number of unbranched alkanes of at least 4 members (excludes halogenated alkanes) is 6. The fourth-order valence-electron chi connectivity index (χ4n) is 3.99. The summed E-state index contributed by atoms with van der Waals surface area (Å²) in [5, 5.41) is 0. The number of hydrogen-bond acceptors (Lipinski definition) is 4. The van der Waals surface area contributed by atoms with Crippen LogP contribution < -0.4 is 10.6 Å². The first-order valence-electron chi connectivity index (χ1n) is 12.2. The molecular weight excluding hydrogens is 374 g/mol. The molecule has 30 heavy (non-hydrogen) atoms. The van der Waals surface area contributed by atoms with Gasteiger partial charge >= 0.3 is 5.69 Å². The van der Waals surface area contributed by atoms with Gasteiger partial charge in [0, 0.05) is 26.2 Å². The maximum Gasteiger partial charge on any atom is 0.327 e. The molecule has 0 unspecified atom stereocenters. The predicted octanol–water partition coefficient (Wildman–Crippen LogP) is 5.03. The number of nitrogens with zero attached hydrogens (tertiary/aromatic N) is 4. The Hall–Kier alpha value is -1.82. The summed E-state index contributed by atoms with van der Waals surface area (Å²) in [7, 11) is 0. The number of aromatic amines is 1. The van der Waals surface area contributed by atoms with E-state index in [1.807, 2.05) is 10.6 Å². The van der Waals surface area contributed by atoms with E-state index in [4.69, 9.17) is 4.98 Å². The van der Waals surface area contributed by atoms with E-state index < -0.39 is 0 Å². The molecule has 0 fully saturated rings. The van der Waals surface area contributed by atoms with Crippen molar-refractivity contribution in [2.45, 2.75) is 85.6 Å². The molecule has 0 radical (unpaired) electrons. The Labute approximate surface area is 182 Å². The van der Waals surface area contributed by atoms with Crippen LogP contribution in [0.3, 0.4) is 0 Å². The van der Waals surface area contributed by atoms with Crippen molar-refractivity contribution in [2.24, 2.45) is 0 Å². The zero-order valence-electron chi connectivity index (χ0n) is 19.8. The number of H-pyrrole nitrogens is 1. The van der Waals surface area contributed by atoms with Crippen LogP contribution in [0.25, 0.3) is 11.2 Å².